The van der Waals surface area contributed by atoms with Crippen molar-refractivity contribution in [3.05, 3.63) is 0 Å². The molecule has 0 amide bonds. The van der Waals surface area contributed by atoms with E-state index in [2.05, 4.69) is 4.63 Å². The van der Waals surface area contributed by atoms with E-state index in [4.69, 9.17) is 14.4 Å². The summed E-state index contributed by atoms with van der Waals surface area (Å²) >= 11 is 0. The first-order valence-electron chi connectivity index (χ1n) is 1.03. The van der Waals surface area contributed by atoms with Crippen molar-refractivity contribution in [1.29, 1.82) is 0 Å². The zero-order chi connectivity index (χ0) is 5.21. The van der Waals surface area contributed by atoms with Crippen LogP contribution in [0.1, 0.15) is 0 Å². The molecule has 42 valence electrons. The second-order valence-electron chi connectivity index (χ2n) is 0.651. The van der Waals surface area contributed by atoms with Crippen LogP contribution in [0, 0.1) is 0 Å². The van der Waals surface area contributed by atoms with Crippen molar-refractivity contribution in [1.82, 2.24) is 0 Å². The molecule has 4 nitrogen and oxygen atoms in total. The maximum absolute atomic E-state index is 10.3. The van der Waals surface area contributed by atoms with E-state index in [9.17, 15) is 4.53 Å². The van der Waals surface area contributed by atoms with E-state index in [0.717, 1.165) is 0 Å². The number of hydrogen-bond donors (Lipinski definition) is 3. The van der Waals surface area contributed by atoms with E-state index in [1.807, 2.05) is 0 Å². The van der Waals surface area contributed by atoms with Gasteiger partial charge in [-0.3, -0.25) is 0 Å². The summed E-state index contributed by atoms with van der Waals surface area (Å²) in [5.74, 6) is 0. The molecule has 7 heavy (non-hydrogen) atoms. The minimum Gasteiger partial charge on any atom is -0.366 e. The molecule has 0 aliphatic carbocycles. The van der Waals surface area contributed by atoms with Gasteiger partial charge in [-0.2, -0.15) is 4.63 Å². The second kappa shape index (κ2) is 3.86. The molecule has 0 unspecified atom stereocenters. The predicted molar refractivity (Wildman–Crippen MR) is 20.4 cm³/mol. The van der Waals surface area contributed by atoms with E-state index < -0.39 is 9.05 Å². The number of hydrogen-bond acceptors (Lipinski definition) is 4. The summed E-state index contributed by atoms with van der Waals surface area (Å²) in [4.78, 5) is 22.4. The van der Waals surface area contributed by atoms with Crippen molar-refractivity contribution in [3.8, 4) is 0 Å². The molecule has 0 aromatic carbocycles. The van der Waals surface area contributed by atoms with Gasteiger partial charge in [0.1, 0.15) is 0 Å². The van der Waals surface area contributed by atoms with Gasteiger partial charge in [-0.1, -0.05) is 4.53 Å². The minimum atomic E-state index is -4.80. The molecule has 0 fully saturated rings. The Morgan fingerprint density at radius 2 is 1.43 bits per heavy atom. The molecule has 0 rings (SSSR count). The monoisotopic (exact) mass is 322 g/mol. The average molecular weight is 321 g/mol. The van der Waals surface area contributed by atoms with Gasteiger partial charge in [0.05, 0.1) is 0 Å². The number of halogens is 1. The maximum Gasteiger partial charge on any atom is 0.703 e. The van der Waals surface area contributed by atoms with E-state index >= 15 is 0 Å². The van der Waals surface area contributed by atoms with Gasteiger partial charge in [-0.05, 0) is 0 Å². The quantitative estimate of drug-likeness (QED) is 0.485. The molecule has 7 heteroatoms. The number of rotatable bonds is 1. The Labute approximate surface area is 60.1 Å². The van der Waals surface area contributed by atoms with Gasteiger partial charge < -0.3 is 14.4 Å². The average Bonchev–Trinajstić information content (AvgIpc) is 1.35. The van der Waals surface area contributed by atoms with Crippen LogP contribution < -0.4 is 0 Å². The first-order valence-corrected chi connectivity index (χ1v) is 2.78. The molecule has 0 aliphatic heterocycles. The second-order valence-corrected chi connectivity index (χ2v) is 1.95. The van der Waals surface area contributed by atoms with Crippen LogP contribution in [-0.2, 0) is 4.63 Å². The predicted octanol–water partition coefficient (Wildman–Crippen LogP) is -2.08. The fraction of sp³-hybridized carbons (Fsp3) is 0. The van der Waals surface area contributed by atoms with Crippen LogP contribution in [0.25, 0.3) is 0 Å². The fourth-order valence-corrected chi connectivity index (χ4v) is 0. The summed E-state index contributed by atoms with van der Waals surface area (Å²) in [6.07, 6.45) is 0. The van der Waals surface area contributed by atoms with Crippen molar-refractivity contribution in [2.24, 2.45) is 0 Å². The van der Waals surface area contributed by atoms with Crippen molar-refractivity contribution in [2.45, 2.75) is 0 Å². The van der Waals surface area contributed by atoms with Gasteiger partial charge in [0, 0.05) is 27.3 Å². The van der Waals surface area contributed by atoms with Crippen LogP contribution in [0.5, 0.6) is 0 Å². The molecule has 3 N–H and O–H groups in total. The molecule has 0 aromatic heterocycles. The van der Waals surface area contributed by atoms with E-state index in [0.29, 0.717) is 0 Å². The van der Waals surface area contributed by atoms with Crippen molar-refractivity contribution in [2.75, 3.05) is 0 Å². The Hall–Kier alpha value is 0.909. The van der Waals surface area contributed by atoms with E-state index in [-0.39, 0.29) is 27.3 Å². The molecule has 0 heterocycles. The SMILES string of the molecule is O[Si](O)(O)OF.[Pb]. The summed E-state index contributed by atoms with van der Waals surface area (Å²) in [5, 5.41) is 0. The fourth-order valence-electron chi connectivity index (χ4n) is 0. The minimum absolute atomic E-state index is 0. The van der Waals surface area contributed by atoms with Gasteiger partial charge >= 0.3 is 9.05 Å². The van der Waals surface area contributed by atoms with Crippen LogP contribution in [-0.4, -0.2) is 50.7 Å². The molecule has 0 atom stereocenters. The van der Waals surface area contributed by atoms with Crippen LogP contribution in [0.2, 0.25) is 0 Å². The molecule has 0 saturated carbocycles. The normalized spacial score (nSPS) is 10.3. The first-order chi connectivity index (χ1) is 2.56. The zero-order valence-electron chi connectivity index (χ0n) is 3.13. The summed E-state index contributed by atoms with van der Waals surface area (Å²) in [5.41, 5.74) is 0. The Morgan fingerprint density at radius 1 is 1.29 bits per heavy atom. The summed E-state index contributed by atoms with van der Waals surface area (Å²) in [6.45, 7) is 0. The van der Waals surface area contributed by atoms with Crippen LogP contribution in [0.3, 0.4) is 0 Å². The molecule has 0 aromatic rings. The smallest absolute Gasteiger partial charge is 0.366 e. The van der Waals surface area contributed by atoms with Gasteiger partial charge in [-0.15, -0.1) is 0 Å². The Morgan fingerprint density at radius 3 is 1.43 bits per heavy atom. The van der Waals surface area contributed by atoms with Gasteiger partial charge in [0.25, 0.3) is 0 Å². The van der Waals surface area contributed by atoms with Crippen LogP contribution in [0.15, 0.2) is 0 Å². The van der Waals surface area contributed by atoms with Crippen molar-refractivity contribution in [3.63, 3.8) is 0 Å². The van der Waals surface area contributed by atoms with Gasteiger partial charge in [0.2, 0.25) is 0 Å². The Bertz CT molecular complexity index is 41.4. The third-order valence-corrected chi connectivity index (χ3v) is 0.311. The summed E-state index contributed by atoms with van der Waals surface area (Å²) in [7, 11) is -4.80. The molecule has 0 bridgehead atoms. The van der Waals surface area contributed by atoms with E-state index in [1.165, 1.54) is 0 Å². The summed E-state index contributed by atoms with van der Waals surface area (Å²) in [6, 6.07) is 0. The summed E-state index contributed by atoms with van der Waals surface area (Å²) < 4.78 is 12.6. The van der Waals surface area contributed by atoms with Crippen LogP contribution in [0.4, 0.5) is 4.53 Å². The zero-order valence-corrected chi connectivity index (χ0v) is 8.02. The van der Waals surface area contributed by atoms with Crippen molar-refractivity contribution >= 4 is 36.3 Å². The van der Waals surface area contributed by atoms with Crippen molar-refractivity contribution < 1.29 is 23.5 Å². The topological polar surface area (TPSA) is 69.9 Å². The van der Waals surface area contributed by atoms with Gasteiger partial charge in [-0.25, -0.2) is 0 Å². The molecule has 0 saturated heterocycles. The molecule has 0 aliphatic rings. The standard InChI is InChI=1S/FH3O4Si.Pb/c1-5-6(2,3)4;/h2-4H;. The molecular weight excluding hydrogens is 318 g/mol. The van der Waals surface area contributed by atoms with Gasteiger partial charge in [0.15, 0.2) is 0 Å². The molecule has 4 radical (unpaired) electrons. The van der Waals surface area contributed by atoms with E-state index in [1.54, 1.807) is 0 Å². The third kappa shape index (κ3) is 10.9. The third-order valence-electron chi connectivity index (χ3n) is 0.104. The molecular formula is H3FO4PbSi. The Kier molecular flexibility index (Phi) is 5.96. The maximum atomic E-state index is 10.3. The Balaban J connectivity index is 0. The largest absolute Gasteiger partial charge is 0.703 e. The molecule has 0 spiro atoms. The first kappa shape index (κ1) is 10.8. The van der Waals surface area contributed by atoms with Crippen LogP contribution >= 0.6 is 0 Å².